The molecule has 0 unspecified atom stereocenters. The Labute approximate surface area is 181 Å². The van der Waals surface area contributed by atoms with E-state index < -0.39 is 10.0 Å². The van der Waals surface area contributed by atoms with E-state index in [1.807, 2.05) is 62.4 Å². The summed E-state index contributed by atoms with van der Waals surface area (Å²) in [5.74, 6) is -0.160. The van der Waals surface area contributed by atoms with Crippen molar-refractivity contribution in [2.24, 2.45) is 5.92 Å². The highest BCUT2D eigenvalue weighted by Crippen LogP contribution is 2.23. The number of carbonyl (C=O) groups is 1. The molecule has 1 aliphatic heterocycles. The van der Waals surface area contributed by atoms with Crippen LogP contribution in [0.25, 0.3) is 0 Å². The number of benzene rings is 2. The van der Waals surface area contributed by atoms with Crippen LogP contribution in [0, 0.1) is 12.8 Å². The molecule has 1 N–H and O–H groups in total. The lowest BCUT2D eigenvalue weighted by atomic mass is 9.96. The lowest BCUT2D eigenvalue weighted by molar-refractivity contribution is -0.126. The molecule has 3 rings (SSSR count). The quantitative estimate of drug-likeness (QED) is 0.676. The fourth-order valence-corrected chi connectivity index (χ4v) is 5.38. The van der Waals surface area contributed by atoms with Gasteiger partial charge in [0.05, 0.1) is 11.8 Å². The van der Waals surface area contributed by atoms with Gasteiger partial charge in [-0.2, -0.15) is 0 Å². The van der Waals surface area contributed by atoms with E-state index in [-0.39, 0.29) is 23.6 Å². The Morgan fingerprint density at radius 2 is 1.69 bits per heavy atom. The van der Waals surface area contributed by atoms with Crippen molar-refractivity contribution >= 4 is 31.9 Å². The molecular weight excluding hydrogens is 452 g/mol. The molecule has 29 heavy (non-hydrogen) atoms. The highest BCUT2D eigenvalue weighted by Gasteiger charge is 2.31. The third kappa shape index (κ3) is 5.90. The van der Waals surface area contributed by atoms with Crippen LogP contribution in [0.4, 0.5) is 0 Å². The summed E-state index contributed by atoms with van der Waals surface area (Å²) in [5.41, 5.74) is 3.02. The number of nitrogens with one attached hydrogen (secondary N) is 1. The van der Waals surface area contributed by atoms with E-state index >= 15 is 0 Å². The van der Waals surface area contributed by atoms with Gasteiger partial charge in [-0.05, 0) is 49.9 Å². The highest BCUT2D eigenvalue weighted by molar-refractivity contribution is 9.10. The second-order valence-corrected chi connectivity index (χ2v) is 10.6. The van der Waals surface area contributed by atoms with E-state index in [2.05, 4.69) is 21.2 Å². The fraction of sp³-hybridized carbons (Fsp3) is 0.409. The zero-order valence-corrected chi connectivity index (χ0v) is 19.2. The second-order valence-electron chi connectivity index (χ2n) is 7.70. The molecule has 0 spiro atoms. The van der Waals surface area contributed by atoms with Crippen molar-refractivity contribution in [3.8, 4) is 0 Å². The van der Waals surface area contributed by atoms with Crippen LogP contribution < -0.4 is 5.32 Å². The van der Waals surface area contributed by atoms with Gasteiger partial charge < -0.3 is 5.32 Å². The third-order valence-corrected chi connectivity index (χ3v) is 7.80. The van der Waals surface area contributed by atoms with Gasteiger partial charge in [-0.25, -0.2) is 12.7 Å². The largest absolute Gasteiger partial charge is 0.349 e. The van der Waals surface area contributed by atoms with Crippen molar-refractivity contribution in [1.82, 2.24) is 9.62 Å². The molecule has 0 aromatic heterocycles. The van der Waals surface area contributed by atoms with Crippen LogP contribution in [-0.4, -0.2) is 31.7 Å². The summed E-state index contributed by atoms with van der Waals surface area (Å²) in [6.45, 7) is 4.78. The minimum atomic E-state index is -3.38. The molecule has 2 aromatic rings. The number of halogens is 1. The molecule has 0 bridgehead atoms. The summed E-state index contributed by atoms with van der Waals surface area (Å²) in [4.78, 5) is 12.6. The summed E-state index contributed by atoms with van der Waals surface area (Å²) < 4.78 is 27.9. The molecule has 5 nitrogen and oxygen atoms in total. The molecule has 2 aromatic carbocycles. The monoisotopic (exact) mass is 478 g/mol. The summed E-state index contributed by atoms with van der Waals surface area (Å²) in [5, 5.41) is 3.07. The fourth-order valence-electron chi connectivity index (χ4n) is 3.55. The summed E-state index contributed by atoms with van der Waals surface area (Å²) >= 11 is 3.36. The molecule has 1 heterocycles. The number of sulfonamides is 1. The van der Waals surface area contributed by atoms with E-state index in [4.69, 9.17) is 0 Å². The van der Waals surface area contributed by atoms with Gasteiger partial charge in [0.15, 0.2) is 0 Å². The normalized spacial score (nSPS) is 17.1. The SMILES string of the molecule is Cc1ccc([C@@H](C)NC(=O)C2CCN(S(=O)(=O)Cc3ccc(Br)cc3)CC2)cc1. The Kier molecular flexibility index (Phi) is 7.14. The maximum atomic E-state index is 12.7. The molecule has 7 heteroatoms. The standard InChI is InChI=1S/C22H27BrN2O3S/c1-16-3-7-19(8-4-16)17(2)24-22(26)20-11-13-25(14-12-20)29(27,28)15-18-5-9-21(23)10-6-18/h3-10,17,20H,11-15H2,1-2H3,(H,24,26)/t17-/m1/s1. The first-order chi connectivity index (χ1) is 13.7. The van der Waals surface area contributed by atoms with Crippen molar-refractivity contribution in [2.75, 3.05) is 13.1 Å². The number of aryl methyl sites for hydroxylation is 1. The van der Waals surface area contributed by atoms with Crippen molar-refractivity contribution in [3.05, 3.63) is 69.7 Å². The van der Waals surface area contributed by atoms with Crippen LogP contribution in [-0.2, 0) is 20.6 Å². The van der Waals surface area contributed by atoms with E-state index in [0.717, 1.165) is 15.6 Å². The summed E-state index contributed by atoms with van der Waals surface area (Å²) in [7, 11) is -3.38. The predicted octanol–water partition coefficient (Wildman–Crippen LogP) is 4.18. The third-order valence-electron chi connectivity index (χ3n) is 5.42. The van der Waals surface area contributed by atoms with Crippen LogP contribution in [0.5, 0.6) is 0 Å². The number of rotatable bonds is 6. The topological polar surface area (TPSA) is 66.5 Å². The number of amides is 1. The number of hydrogen-bond acceptors (Lipinski definition) is 3. The highest BCUT2D eigenvalue weighted by atomic mass is 79.9. The van der Waals surface area contributed by atoms with Crippen molar-refractivity contribution < 1.29 is 13.2 Å². The summed E-state index contributed by atoms with van der Waals surface area (Å²) in [6, 6.07) is 15.4. The van der Waals surface area contributed by atoms with Gasteiger partial charge >= 0.3 is 0 Å². The maximum Gasteiger partial charge on any atom is 0.223 e. The molecule has 1 atom stereocenters. The van der Waals surface area contributed by atoms with Crippen LogP contribution in [0.2, 0.25) is 0 Å². The molecule has 1 fully saturated rings. The predicted molar refractivity (Wildman–Crippen MR) is 119 cm³/mol. The van der Waals surface area contributed by atoms with Gasteiger partial charge in [0.25, 0.3) is 0 Å². The van der Waals surface area contributed by atoms with Crippen LogP contribution in [0.15, 0.2) is 53.0 Å². The van der Waals surface area contributed by atoms with Gasteiger partial charge in [-0.15, -0.1) is 0 Å². The van der Waals surface area contributed by atoms with Crippen LogP contribution in [0.1, 0.15) is 42.5 Å². The molecule has 0 radical (unpaired) electrons. The number of piperidine rings is 1. The Balaban J connectivity index is 1.53. The first kappa shape index (κ1) is 22.0. The molecule has 1 saturated heterocycles. The molecule has 0 saturated carbocycles. The van der Waals surface area contributed by atoms with Gasteiger partial charge in [-0.3, -0.25) is 4.79 Å². The van der Waals surface area contributed by atoms with E-state index in [0.29, 0.717) is 25.9 Å². The second kappa shape index (κ2) is 9.41. The average Bonchev–Trinajstić information content (AvgIpc) is 2.70. The minimum absolute atomic E-state index is 0.00281. The van der Waals surface area contributed by atoms with Gasteiger partial charge in [0, 0.05) is 23.5 Å². The number of carbonyl (C=O) groups excluding carboxylic acids is 1. The average molecular weight is 479 g/mol. The Hall–Kier alpha value is -1.70. The van der Waals surface area contributed by atoms with Crippen LogP contribution >= 0.6 is 15.9 Å². The smallest absolute Gasteiger partial charge is 0.223 e. The Bertz CT molecular complexity index is 935. The van der Waals surface area contributed by atoms with Crippen molar-refractivity contribution in [2.45, 2.75) is 38.5 Å². The van der Waals surface area contributed by atoms with Crippen LogP contribution in [0.3, 0.4) is 0 Å². The summed E-state index contributed by atoms with van der Waals surface area (Å²) in [6.07, 6.45) is 1.10. The molecule has 1 aliphatic rings. The molecular formula is C22H27BrN2O3S. The molecule has 156 valence electrons. The van der Waals surface area contributed by atoms with Gasteiger partial charge in [0.1, 0.15) is 0 Å². The van der Waals surface area contributed by atoms with Crippen molar-refractivity contribution in [1.29, 1.82) is 0 Å². The lowest BCUT2D eigenvalue weighted by Gasteiger charge is -2.31. The zero-order chi connectivity index (χ0) is 21.0. The minimum Gasteiger partial charge on any atom is -0.349 e. The van der Waals surface area contributed by atoms with E-state index in [9.17, 15) is 13.2 Å². The number of nitrogens with zero attached hydrogens (tertiary/aromatic N) is 1. The first-order valence-electron chi connectivity index (χ1n) is 9.84. The zero-order valence-electron chi connectivity index (χ0n) is 16.8. The van der Waals surface area contributed by atoms with Crippen molar-refractivity contribution in [3.63, 3.8) is 0 Å². The first-order valence-corrected chi connectivity index (χ1v) is 12.2. The molecule has 0 aliphatic carbocycles. The molecule has 1 amide bonds. The van der Waals surface area contributed by atoms with E-state index in [1.54, 1.807) is 0 Å². The Morgan fingerprint density at radius 3 is 2.28 bits per heavy atom. The van der Waals surface area contributed by atoms with Gasteiger partial charge in [0.2, 0.25) is 15.9 Å². The Morgan fingerprint density at radius 1 is 1.10 bits per heavy atom. The number of hydrogen-bond donors (Lipinski definition) is 1. The van der Waals surface area contributed by atoms with E-state index in [1.165, 1.54) is 9.87 Å². The maximum absolute atomic E-state index is 12.7. The lowest BCUT2D eigenvalue weighted by Crippen LogP contribution is -2.43. The van der Waals surface area contributed by atoms with Gasteiger partial charge in [-0.1, -0.05) is 57.9 Å².